The number of nitrogens with one attached hydrogen (secondary N) is 2. The topological polar surface area (TPSA) is 50.4 Å². The standard InChI is InChI=1S/C22H28N2O2/c25-22(11-10-18-12-13-23-14-18)24-15-20-8-4-5-9-21(20)17-26-16-19-6-2-1-3-7-19/h1-9,18,23H,10-17H2,(H,24,25). The Kier molecular flexibility index (Phi) is 7.23. The molecule has 1 aliphatic rings. The van der Waals surface area contributed by atoms with Gasteiger partial charge >= 0.3 is 0 Å². The maximum absolute atomic E-state index is 12.1. The first-order valence-electron chi connectivity index (χ1n) is 9.47. The lowest BCUT2D eigenvalue weighted by atomic mass is 10.0. The highest BCUT2D eigenvalue weighted by atomic mass is 16.5. The molecule has 26 heavy (non-hydrogen) atoms. The van der Waals surface area contributed by atoms with Gasteiger partial charge in [-0.2, -0.15) is 0 Å². The molecule has 0 aromatic heterocycles. The SMILES string of the molecule is O=C(CCC1CCNC1)NCc1ccccc1COCc1ccccc1. The predicted octanol–water partition coefficient (Wildman–Crippen LogP) is 3.41. The van der Waals surface area contributed by atoms with Gasteiger partial charge in [0.1, 0.15) is 0 Å². The zero-order valence-electron chi connectivity index (χ0n) is 15.2. The summed E-state index contributed by atoms with van der Waals surface area (Å²) in [6.45, 7) is 3.84. The predicted molar refractivity (Wildman–Crippen MR) is 103 cm³/mol. The molecule has 1 heterocycles. The number of rotatable bonds is 9. The first-order chi connectivity index (χ1) is 12.8. The number of ether oxygens (including phenoxy) is 1. The lowest BCUT2D eigenvalue weighted by Gasteiger charge is -2.12. The summed E-state index contributed by atoms with van der Waals surface area (Å²) in [7, 11) is 0. The van der Waals surface area contributed by atoms with Crippen molar-refractivity contribution in [3.8, 4) is 0 Å². The van der Waals surface area contributed by atoms with E-state index in [-0.39, 0.29) is 5.91 Å². The molecule has 2 aromatic carbocycles. The Morgan fingerprint density at radius 3 is 2.58 bits per heavy atom. The second kappa shape index (κ2) is 10.1. The van der Waals surface area contributed by atoms with Gasteiger partial charge in [0, 0.05) is 13.0 Å². The minimum absolute atomic E-state index is 0.136. The molecule has 1 aliphatic heterocycles. The molecule has 138 valence electrons. The number of amides is 1. The van der Waals surface area contributed by atoms with Crippen LogP contribution in [0.2, 0.25) is 0 Å². The second-order valence-corrected chi connectivity index (χ2v) is 6.92. The van der Waals surface area contributed by atoms with Crippen molar-refractivity contribution in [2.75, 3.05) is 13.1 Å². The number of carbonyl (C=O) groups excluding carboxylic acids is 1. The van der Waals surface area contributed by atoms with Crippen molar-refractivity contribution < 1.29 is 9.53 Å². The molecule has 1 saturated heterocycles. The molecule has 4 heteroatoms. The molecule has 0 saturated carbocycles. The van der Waals surface area contributed by atoms with Crippen LogP contribution in [0, 0.1) is 5.92 Å². The summed E-state index contributed by atoms with van der Waals surface area (Å²) in [5.74, 6) is 0.788. The minimum atomic E-state index is 0.136. The van der Waals surface area contributed by atoms with E-state index in [1.165, 1.54) is 12.0 Å². The summed E-state index contributed by atoms with van der Waals surface area (Å²) in [5.41, 5.74) is 3.42. The highest BCUT2D eigenvalue weighted by molar-refractivity contribution is 5.75. The molecule has 0 aliphatic carbocycles. The van der Waals surface area contributed by atoms with Crippen LogP contribution >= 0.6 is 0 Å². The van der Waals surface area contributed by atoms with Crippen molar-refractivity contribution in [2.45, 2.75) is 39.0 Å². The van der Waals surface area contributed by atoms with E-state index in [0.717, 1.165) is 30.6 Å². The Morgan fingerprint density at radius 1 is 1.04 bits per heavy atom. The monoisotopic (exact) mass is 352 g/mol. The Labute approximate surface area is 156 Å². The molecule has 1 atom stereocenters. The van der Waals surface area contributed by atoms with Crippen molar-refractivity contribution in [1.82, 2.24) is 10.6 Å². The summed E-state index contributed by atoms with van der Waals surface area (Å²) in [6, 6.07) is 18.3. The van der Waals surface area contributed by atoms with E-state index < -0.39 is 0 Å². The Morgan fingerprint density at radius 2 is 1.81 bits per heavy atom. The third kappa shape index (κ3) is 5.97. The number of carbonyl (C=O) groups is 1. The fourth-order valence-corrected chi connectivity index (χ4v) is 3.30. The molecule has 0 radical (unpaired) electrons. The molecule has 0 bridgehead atoms. The maximum Gasteiger partial charge on any atom is 0.220 e. The number of benzene rings is 2. The van der Waals surface area contributed by atoms with E-state index in [9.17, 15) is 4.79 Å². The largest absolute Gasteiger partial charge is 0.372 e. The van der Waals surface area contributed by atoms with E-state index in [1.807, 2.05) is 30.3 Å². The van der Waals surface area contributed by atoms with Gasteiger partial charge in [0.2, 0.25) is 5.91 Å². The Bertz CT molecular complexity index is 682. The van der Waals surface area contributed by atoms with Crippen LogP contribution in [0.25, 0.3) is 0 Å². The Balaban J connectivity index is 1.43. The number of hydrogen-bond donors (Lipinski definition) is 2. The molecule has 4 nitrogen and oxygen atoms in total. The van der Waals surface area contributed by atoms with Crippen LogP contribution in [0.4, 0.5) is 0 Å². The van der Waals surface area contributed by atoms with Crippen molar-refractivity contribution in [1.29, 1.82) is 0 Å². The third-order valence-electron chi connectivity index (χ3n) is 4.91. The van der Waals surface area contributed by atoms with E-state index >= 15 is 0 Å². The molecule has 1 fully saturated rings. The summed E-state index contributed by atoms with van der Waals surface area (Å²) >= 11 is 0. The van der Waals surface area contributed by atoms with Gasteiger partial charge in [0.25, 0.3) is 0 Å². The normalized spacial score (nSPS) is 16.5. The van der Waals surface area contributed by atoms with E-state index in [1.54, 1.807) is 0 Å². The summed E-state index contributed by atoms with van der Waals surface area (Å²) in [6.07, 6.45) is 2.77. The van der Waals surface area contributed by atoms with Crippen LogP contribution in [0.15, 0.2) is 54.6 Å². The Hall–Kier alpha value is -2.17. The van der Waals surface area contributed by atoms with Gasteiger partial charge in [-0.05, 0) is 48.5 Å². The lowest BCUT2D eigenvalue weighted by Crippen LogP contribution is -2.24. The molecular formula is C22H28N2O2. The molecule has 1 amide bonds. The van der Waals surface area contributed by atoms with Gasteiger partial charge < -0.3 is 15.4 Å². The van der Waals surface area contributed by atoms with Crippen molar-refractivity contribution >= 4 is 5.91 Å². The first-order valence-corrected chi connectivity index (χ1v) is 9.47. The van der Waals surface area contributed by atoms with Crippen LogP contribution in [0.3, 0.4) is 0 Å². The van der Waals surface area contributed by atoms with Gasteiger partial charge in [-0.25, -0.2) is 0 Å². The highest BCUT2D eigenvalue weighted by Crippen LogP contribution is 2.15. The molecular weight excluding hydrogens is 324 g/mol. The van der Waals surface area contributed by atoms with Crippen LogP contribution in [-0.4, -0.2) is 19.0 Å². The molecule has 1 unspecified atom stereocenters. The van der Waals surface area contributed by atoms with Gasteiger partial charge in [-0.15, -0.1) is 0 Å². The molecule has 2 N–H and O–H groups in total. The summed E-state index contributed by atoms with van der Waals surface area (Å²) in [4.78, 5) is 12.1. The lowest BCUT2D eigenvalue weighted by molar-refractivity contribution is -0.121. The van der Waals surface area contributed by atoms with Crippen LogP contribution in [-0.2, 0) is 29.3 Å². The minimum Gasteiger partial charge on any atom is -0.372 e. The third-order valence-corrected chi connectivity index (χ3v) is 4.91. The average molecular weight is 352 g/mol. The van der Waals surface area contributed by atoms with Gasteiger partial charge in [-0.3, -0.25) is 4.79 Å². The first kappa shape index (κ1) is 18.6. The van der Waals surface area contributed by atoms with Gasteiger partial charge in [0.05, 0.1) is 13.2 Å². The number of hydrogen-bond acceptors (Lipinski definition) is 3. The second-order valence-electron chi connectivity index (χ2n) is 6.92. The van der Waals surface area contributed by atoms with Crippen LogP contribution in [0.5, 0.6) is 0 Å². The fraction of sp³-hybridized carbons (Fsp3) is 0.409. The van der Waals surface area contributed by atoms with E-state index in [2.05, 4.69) is 34.9 Å². The quantitative estimate of drug-likeness (QED) is 0.727. The van der Waals surface area contributed by atoms with Crippen LogP contribution in [0.1, 0.15) is 36.0 Å². The van der Waals surface area contributed by atoms with Crippen molar-refractivity contribution in [2.24, 2.45) is 5.92 Å². The highest BCUT2D eigenvalue weighted by Gasteiger charge is 2.15. The fourth-order valence-electron chi connectivity index (χ4n) is 3.30. The zero-order chi connectivity index (χ0) is 18.0. The van der Waals surface area contributed by atoms with E-state index in [0.29, 0.717) is 32.1 Å². The molecule has 3 rings (SSSR count). The summed E-state index contributed by atoms with van der Waals surface area (Å²) in [5, 5.41) is 6.40. The molecule has 0 spiro atoms. The van der Waals surface area contributed by atoms with Crippen molar-refractivity contribution in [3.63, 3.8) is 0 Å². The van der Waals surface area contributed by atoms with Gasteiger partial charge in [0.15, 0.2) is 0 Å². The smallest absolute Gasteiger partial charge is 0.220 e. The summed E-state index contributed by atoms with van der Waals surface area (Å²) < 4.78 is 5.85. The van der Waals surface area contributed by atoms with Gasteiger partial charge in [-0.1, -0.05) is 54.6 Å². The average Bonchev–Trinajstić information content (AvgIpc) is 3.20. The van der Waals surface area contributed by atoms with Crippen LogP contribution < -0.4 is 10.6 Å². The van der Waals surface area contributed by atoms with E-state index in [4.69, 9.17) is 4.74 Å². The molecule has 2 aromatic rings. The maximum atomic E-state index is 12.1. The van der Waals surface area contributed by atoms with Crippen molar-refractivity contribution in [3.05, 3.63) is 71.3 Å². The zero-order valence-corrected chi connectivity index (χ0v) is 15.2.